The maximum Gasteiger partial charge on any atom is 0.162 e. The third kappa shape index (κ3) is 3.55. The average molecular weight is 399 g/mol. The molecule has 0 aliphatic heterocycles. The monoisotopic (exact) mass is 399 g/mol. The second kappa shape index (κ2) is 6.93. The van der Waals surface area contributed by atoms with Crippen LogP contribution < -0.4 is 15.2 Å². The van der Waals surface area contributed by atoms with Crippen LogP contribution in [0.4, 0.5) is 5.82 Å². The Bertz CT molecular complexity index is 625. The lowest BCUT2D eigenvalue weighted by Crippen LogP contribution is -2.05. The highest BCUT2D eigenvalue weighted by Gasteiger charge is 2.13. The summed E-state index contributed by atoms with van der Waals surface area (Å²) < 4.78 is 11.5. The second-order valence-electron chi connectivity index (χ2n) is 4.54. The minimum Gasteiger partial charge on any atom is -0.497 e. The highest BCUT2D eigenvalue weighted by molar-refractivity contribution is 14.1. The Kier molecular flexibility index (Phi) is 5.22. The predicted octanol–water partition coefficient (Wildman–Crippen LogP) is 3.30. The van der Waals surface area contributed by atoms with Crippen molar-refractivity contribution in [2.24, 2.45) is 0 Å². The SMILES string of the molecule is CCCc1nc(-c2cc(OC)cc(OC)c2)nc(N)c1I. The molecule has 0 saturated heterocycles. The molecule has 0 fully saturated rings. The molecule has 1 aromatic heterocycles. The number of halogens is 1. The summed E-state index contributed by atoms with van der Waals surface area (Å²) in [6, 6.07) is 5.56. The molecule has 0 unspecified atom stereocenters. The summed E-state index contributed by atoms with van der Waals surface area (Å²) >= 11 is 2.19. The van der Waals surface area contributed by atoms with E-state index in [0.29, 0.717) is 23.1 Å². The third-order valence-electron chi connectivity index (χ3n) is 3.04. The zero-order chi connectivity index (χ0) is 15.4. The van der Waals surface area contributed by atoms with Crippen LogP contribution in [0.5, 0.6) is 11.5 Å². The number of benzene rings is 1. The van der Waals surface area contributed by atoms with Crippen LogP contribution in [-0.4, -0.2) is 24.2 Å². The molecule has 0 amide bonds. The minimum absolute atomic E-state index is 0.505. The van der Waals surface area contributed by atoms with E-state index < -0.39 is 0 Å². The van der Waals surface area contributed by atoms with Crippen molar-refractivity contribution in [1.82, 2.24) is 9.97 Å². The van der Waals surface area contributed by atoms with Gasteiger partial charge in [0.05, 0.1) is 23.5 Å². The zero-order valence-corrected chi connectivity index (χ0v) is 14.5. The van der Waals surface area contributed by atoms with Gasteiger partial charge in [0.25, 0.3) is 0 Å². The molecule has 0 spiro atoms. The molecule has 5 nitrogen and oxygen atoms in total. The van der Waals surface area contributed by atoms with Gasteiger partial charge in [0, 0.05) is 11.6 Å². The smallest absolute Gasteiger partial charge is 0.162 e. The summed E-state index contributed by atoms with van der Waals surface area (Å²) in [5.74, 6) is 2.49. The van der Waals surface area contributed by atoms with Crippen LogP contribution in [-0.2, 0) is 6.42 Å². The number of nitrogens with zero attached hydrogens (tertiary/aromatic N) is 2. The Hall–Kier alpha value is -1.57. The van der Waals surface area contributed by atoms with E-state index in [0.717, 1.165) is 27.7 Å². The Labute approximate surface area is 138 Å². The Balaban J connectivity index is 2.55. The van der Waals surface area contributed by atoms with Gasteiger partial charge in [-0.25, -0.2) is 9.97 Å². The fourth-order valence-electron chi connectivity index (χ4n) is 1.98. The summed E-state index contributed by atoms with van der Waals surface area (Å²) in [5, 5.41) is 0. The number of hydrogen-bond donors (Lipinski definition) is 1. The van der Waals surface area contributed by atoms with Crippen LogP contribution in [0.25, 0.3) is 11.4 Å². The van der Waals surface area contributed by atoms with Crippen molar-refractivity contribution >= 4 is 28.4 Å². The molecule has 0 aliphatic rings. The van der Waals surface area contributed by atoms with Gasteiger partial charge in [0.15, 0.2) is 5.82 Å². The van der Waals surface area contributed by atoms with Crippen LogP contribution in [0.2, 0.25) is 0 Å². The summed E-state index contributed by atoms with van der Waals surface area (Å²) in [6.45, 7) is 2.11. The number of nitrogens with two attached hydrogens (primary N) is 1. The van der Waals surface area contributed by atoms with E-state index in [2.05, 4.69) is 39.5 Å². The second-order valence-corrected chi connectivity index (χ2v) is 5.62. The van der Waals surface area contributed by atoms with Crippen molar-refractivity contribution in [2.45, 2.75) is 19.8 Å². The van der Waals surface area contributed by atoms with E-state index in [1.54, 1.807) is 14.2 Å². The minimum atomic E-state index is 0.505. The Morgan fingerprint density at radius 3 is 2.24 bits per heavy atom. The van der Waals surface area contributed by atoms with Gasteiger partial charge < -0.3 is 15.2 Å². The van der Waals surface area contributed by atoms with Gasteiger partial charge >= 0.3 is 0 Å². The maximum atomic E-state index is 6.01. The van der Waals surface area contributed by atoms with Gasteiger partial charge in [-0.2, -0.15) is 0 Å². The van der Waals surface area contributed by atoms with E-state index in [1.165, 1.54) is 0 Å². The van der Waals surface area contributed by atoms with Crippen LogP contribution in [0.15, 0.2) is 18.2 Å². The highest BCUT2D eigenvalue weighted by atomic mass is 127. The molecule has 2 aromatic rings. The highest BCUT2D eigenvalue weighted by Crippen LogP contribution is 2.29. The van der Waals surface area contributed by atoms with E-state index in [9.17, 15) is 0 Å². The Morgan fingerprint density at radius 2 is 1.71 bits per heavy atom. The van der Waals surface area contributed by atoms with Gasteiger partial charge in [-0.15, -0.1) is 0 Å². The van der Waals surface area contributed by atoms with Crippen LogP contribution in [0.3, 0.4) is 0 Å². The Morgan fingerprint density at radius 1 is 1.10 bits per heavy atom. The van der Waals surface area contributed by atoms with E-state index >= 15 is 0 Å². The first-order valence-electron chi connectivity index (χ1n) is 6.64. The molecule has 2 rings (SSSR count). The van der Waals surface area contributed by atoms with Crippen LogP contribution in [0, 0.1) is 3.57 Å². The molecule has 0 aliphatic carbocycles. The van der Waals surface area contributed by atoms with Gasteiger partial charge in [0.1, 0.15) is 17.3 Å². The van der Waals surface area contributed by atoms with E-state index in [-0.39, 0.29) is 0 Å². The van der Waals surface area contributed by atoms with Gasteiger partial charge in [-0.05, 0) is 41.1 Å². The summed E-state index contributed by atoms with van der Waals surface area (Å²) in [7, 11) is 3.23. The average Bonchev–Trinajstić information content (AvgIpc) is 2.51. The zero-order valence-electron chi connectivity index (χ0n) is 12.3. The number of methoxy groups -OCH3 is 2. The van der Waals surface area contributed by atoms with E-state index in [4.69, 9.17) is 15.2 Å². The predicted molar refractivity (Wildman–Crippen MR) is 91.7 cm³/mol. The van der Waals surface area contributed by atoms with Crippen LogP contribution >= 0.6 is 22.6 Å². The molecule has 2 N–H and O–H groups in total. The van der Waals surface area contributed by atoms with E-state index in [1.807, 2.05) is 18.2 Å². The topological polar surface area (TPSA) is 70.3 Å². The summed E-state index contributed by atoms with van der Waals surface area (Å²) in [4.78, 5) is 9.02. The van der Waals surface area contributed by atoms with Crippen molar-refractivity contribution in [3.8, 4) is 22.9 Å². The van der Waals surface area contributed by atoms with Gasteiger partial charge in [0.2, 0.25) is 0 Å². The third-order valence-corrected chi connectivity index (χ3v) is 4.22. The molecule has 0 bridgehead atoms. The largest absolute Gasteiger partial charge is 0.497 e. The molecule has 1 aromatic carbocycles. The quantitative estimate of drug-likeness (QED) is 0.782. The fraction of sp³-hybridized carbons (Fsp3) is 0.333. The normalized spacial score (nSPS) is 10.5. The molecule has 1 heterocycles. The number of nitrogen functional groups attached to an aromatic ring is 1. The number of anilines is 1. The molecular formula is C15H18IN3O2. The molecule has 0 saturated carbocycles. The molecular weight excluding hydrogens is 381 g/mol. The first kappa shape index (κ1) is 15.8. The first-order valence-corrected chi connectivity index (χ1v) is 7.72. The molecule has 21 heavy (non-hydrogen) atoms. The first-order chi connectivity index (χ1) is 10.1. The molecule has 112 valence electrons. The summed E-state index contributed by atoms with van der Waals surface area (Å²) in [5.41, 5.74) is 7.81. The standard InChI is InChI=1S/C15H18IN3O2/c1-4-5-12-13(16)14(17)19-15(18-12)9-6-10(20-2)8-11(7-9)21-3/h6-8H,4-5H2,1-3H3,(H2,17,18,19). The number of aryl methyl sites for hydroxylation is 1. The van der Waals surface area contributed by atoms with Gasteiger partial charge in [-0.3, -0.25) is 0 Å². The van der Waals surface area contributed by atoms with Crippen molar-refractivity contribution in [1.29, 1.82) is 0 Å². The van der Waals surface area contributed by atoms with Gasteiger partial charge in [-0.1, -0.05) is 13.3 Å². The van der Waals surface area contributed by atoms with Crippen molar-refractivity contribution in [3.05, 3.63) is 27.5 Å². The molecule has 6 heteroatoms. The number of aromatic nitrogens is 2. The number of ether oxygens (including phenoxy) is 2. The fourth-order valence-corrected chi connectivity index (χ4v) is 2.49. The lowest BCUT2D eigenvalue weighted by molar-refractivity contribution is 0.394. The number of rotatable bonds is 5. The summed E-state index contributed by atoms with van der Waals surface area (Å²) in [6.07, 6.45) is 1.88. The molecule has 0 radical (unpaired) electrons. The van der Waals surface area contributed by atoms with Crippen molar-refractivity contribution < 1.29 is 9.47 Å². The lowest BCUT2D eigenvalue weighted by Gasteiger charge is -2.11. The number of hydrogen-bond acceptors (Lipinski definition) is 5. The van der Waals surface area contributed by atoms with Crippen molar-refractivity contribution in [3.63, 3.8) is 0 Å². The molecule has 0 atom stereocenters. The van der Waals surface area contributed by atoms with Crippen LogP contribution in [0.1, 0.15) is 19.0 Å². The maximum absolute atomic E-state index is 6.01. The lowest BCUT2D eigenvalue weighted by atomic mass is 10.1. The van der Waals surface area contributed by atoms with Crippen molar-refractivity contribution in [2.75, 3.05) is 20.0 Å².